The number of amides is 2. The van der Waals surface area contributed by atoms with E-state index in [4.69, 9.17) is 4.74 Å². The van der Waals surface area contributed by atoms with E-state index >= 15 is 0 Å². The summed E-state index contributed by atoms with van der Waals surface area (Å²) in [6, 6.07) is 0. The summed E-state index contributed by atoms with van der Waals surface area (Å²) in [4.78, 5) is 21.6. The number of hydrogen-bond acceptors (Lipinski definition) is 3. The van der Waals surface area contributed by atoms with Gasteiger partial charge in [0.2, 0.25) is 0 Å². The van der Waals surface area contributed by atoms with Gasteiger partial charge in [0.15, 0.2) is 0 Å². The average Bonchev–Trinajstić information content (AvgIpc) is 2.18. The zero-order valence-corrected chi connectivity index (χ0v) is 11.2. The smallest absolute Gasteiger partial charge is 0.444 e. The minimum Gasteiger partial charge on any atom is -0.444 e. The van der Waals surface area contributed by atoms with Crippen LogP contribution in [0.15, 0.2) is 0 Å². The lowest BCUT2D eigenvalue weighted by atomic mass is 10.2. The van der Waals surface area contributed by atoms with Crippen molar-refractivity contribution in [3.63, 3.8) is 0 Å². The molecule has 0 aromatic heterocycles. The number of rotatable bonds is 5. The quantitative estimate of drug-likeness (QED) is 0.758. The second kappa shape index (κ2) is 7.20. The predicted octanol–water partition coefficient (Wildman–Crippen LogP) is 1.97. The number of ether oxygens (including phenoxy) is 1. The van der Waals surface area contributed by atoms with Gasteiger partial charge in [0.25, 0.3) is 0 Å². The molecular formula is C11H19F3N2O3. The van der Waals surface area contributed by atoms with Gasteiger partial charge in [-0.2, -0.15) is 13.2 Å². The number of nitrogens with one attached hydrogen (secondary N) is 2. The van der Waals surface area contributed by atoms with Crippen LogP contribution in [-0.4, -0.2) is 36.9 Å². The number of hydrogen-bond donors (Lipinski definition) is 2. The molecule has 5 nitrogen and oxygen atoms in total. The largest absolute Gasteiger partial charge is 0.471 e. The molecule has 0 aliphatic rings. The fourth-order valence-corrected chi connectivity index (χ4v) is 1.06. The number of unbranched alkanes of at least 4 members (excludes halogenated alkanes) is 1. The van der Waals surface area contributed by atoms with Gasteiger partial charge >= 0.3 is 18.2 Å². The summed E-state index contributed by atoms with van der Waals surface area (Å²) >= 11 is 0. The zero-order chi connectivity index (χ0) is 15.1. The van der Waals surface area contributed by atoms with Gasteiger partial charge in [0, 0.05) is 13.1 Å². The highest BCUT2D eigenvalue weighted by Crippen LogP contribution is 2.13. The van der Waals surface area contributed by atoms with Gasteiger partial charge in [0.1, 0.15) is 5.60 Å². The first kappa shape index (κ1) is 17.5. The van der Waals surface area contributed by atoms with Gasteiger partial charge in [-0.3, -0.25) is 4.79 Å². The Labute approximate surface area is 109 Å². The van der Waals surface area contributed by atoms with E-state index in [2.05, 4.69) is 5.32 Å². The summed E-state index contributed by atoms with van der Waals surface area (Å²) in [6.07, 6.45) is -4.66. The summed E-state index contributed by atoms with van der Waals surface area (Å²) in [5.74, 6) is -1.95. The van der Waals surface area contributed by atoms with Crippen LogP contribution in [0.25, 0.3) is 0 Å². The lowest BCUT2D eigenvalue weighted by molar-refractivity contribution is -0.173. The third kappa shape index (κ3) is 10.2. The van der Waals surface area contributed by atoms with Crippen LogP contribution >= 0.6 is 0 Å². The fraction of sp³-hybridized carbons (Fsp3) is 0.818. The summed E-state index contributed by atoms with van der Waals surface area (Å²) < 4.78 is 40.4. The molecule has 0 heterocycles. The molecular weight excluding hydrogens is 265 g/mol. The van der Waals surface area contributed by atoms with Crippen molar-refractivity contribution in [2.45, 2.75) is 45.4 Å². The van der Waals surface area contributed by atoms with Crippen LogP contribution in [0.2, 0.25) is 0 Å². The molecule has 112 valence electrons. The molecule has 0 unspecified atom stereocenters. The number of halogens is 3. The van der Waals surface area contributed by atoms with Crippen molar-refractivity contribution in [1.29, 1.82) is 0 Å². The molecule has 2 amide bonds. The Morgan fingerprint density at radius 3 is 1.89 bits per heavy atom. The van der Waals surface area contributed by atoms with Crippen LogP contribution in [0.3, 0.4) is 0 Å². The van der Waals surface area contributed by atoms with Gasteiger partial charge in [-0.05, 0) is 33.6 Å². The van der Waals surface area contributed by atoms with E-state index in [-0.39, 0.29) is 13.1 Å². The number of carbonyl (C=O) groups excluding carboxylic acids is 2. The minimum absolute atomic E-state index is 0.0889. The van der Waals surface area contributed by atoms with E-state index in [1.165, 1.54) is 0 Å². The minimum atomic E-state index is -4.85. The van der Waals surface area contributed by atoms with E-state index in [1.54, 1.807) is 26.1 Å². The van der Waals surface area contributed by atoms with Crippen LogP contribution in [0, 0.1) is 0 Å². The Bertz CT molecular complexity index is 311. The first-order valence-corrected chi connectivity index (χ1v) is 5.84. The first-order valence-electron chi connectivity index (χ1n) is 5.84. The lowest BCUT2D eigenvalue weighted by Gasteiger charge is -2.19. The van der Waals surface area contributed by atoms with E-state index in [1.807, 2.05) is 0 Å². The third-order valence-electron chi connectivity index (χ3n) is 1.81. The monoisotopic (exact) mass is 284 g/mol. The molecule has 8 heteroatoms. The first-order chi connectivity index (χ1) is 8.52. The van der Waals surface area contributed by atoms with Crippen molar-refractivity contribution >= 4 is 12.0 Å². The Morgan fingerprint density at radius 1 is 1.00 bits per heavy atom. The van der Waals surface area contributed by atoms with Gasteiger partial charge < -0.3 is 15.4 Å². The Balaban J connectivity index is 3.57. The molecule has 0 spiro atoms. The lowest BCUT2D eigenvalue weighted by Crippen LogP contribution is -2.37. The molecule has 0 saturated heterocycles. The van der Waals surface area contributed by atoms with Crippen LogP contribution in [0.1, 0.15) is 33.6 Å². The van der Waals surface area contributed by atoms with Crippen molar-refractivity contribution in [3.05, 3.63) is 0 Å². The molecule has 2 N–H and O–H groups in total. The highest BCUT2D eigenvalue weighted by Gasteiger charge is 2.38. The van der Waals surface area contributed by atoms with Crippen LogP contribution in [-0.2, 0) is 9.53 Å². The molecule has 0 fully saturated rings. The summed E-state index contributed by atoms with van der Waals surface area (Å²) in [7, 11) is 0. The van der Waals surface area contributed by atoms with Gasteiger partial charge in [0.05, 0.1) is 0 Å². The van der Waals surface area contributed by atoms with Gasteiger partial charge in [-0.25, -0.2) is 4.79 Å². The molecule has 19 heavy (non-hydrogen) atoms. The topological polar surface area (TPSA) is 67.4 Å². The fourth-order valence-electron chi connectivity index (χ4n) is 1.06. The number of carbonyl (C=O) groups is 2. The Hall–Kier alpha value is -1.47. The van der Waals surface area contributed by atoms with Crippen LogP contribution in [0.4, 0.5) is 18.0 Å². The molecule has 0 aromatic carbocycles. The van der Waals surface area contributed by atoms with Crippen LogP contribution < -0.4 is 10.6 Å². The molecule has 0 radical (unpaired) electrons. The normalized spacial score (nSPS) is 11.9. The number of alkyl halides is 3. The van der Waals surface area contributed by atoms with E-state index in [9.17, 15) is 22.8 Å². The maximum atomic E-state index is 11.8. The summed E-state index contributed by atoms with van der Waals surface area (Å²) in [6.45, 7) is 5.35. The third-order valence-corrected chi connectivity index (χ3v) is 1.81. The summed E-state index contributed by atoms with van der Waals surface area (Å²) in [5, 5.41) is 4.20. The number of alkyl carbamates (subject to hydrolysis) is 1. The molecule has 0 bridgehead atoms. The maximum Gasteiger partial charge on any atom is 0.471 e. The maximum absolute atomic E-state index is 11.8. The van der Waals surface area contributed by atoms with Crippen molar-refractivity contribution in [2.75, 3.05) is 13.1 Å². The van der Waals surface area contributed by atoms with Crippen molar-refractivity contribution < 1.29 is 27.5 Å². The second-order valence-corrected chi connectivity index (χ2v) is 4.89. The Kier molecular flexibility index (Phi) is 6.64. The molecule has 0 rings (SSSR count). The highest BCUT2D eigenvalue weighted by molar-refractivity contribution is 5.81. The molecule has 0 atom stereocenters. The van der Waals surface area contributed by atoms with E-state index in [0.29, 0.717) is 12.8 Å². The van der Waals surface area contributed by atoms with Crippen molar-refractivity contribution in [2.24, 2.45) is 0 Å². The van der Waals surface area contributed by atoms with Gasteiger partial charge in [-0.15, -0.1) is 0 Å². The highest BCUT2D eigenvalue weighted by atomic mass is 19.4. The zero-order valence-electron chi connectivity index (χ0n) is 11.2. The van der Waals surface area contributed by atoms with E-state index in [0.717, 1.165) is 0 Å². The van der Waals surface area contributed by atoms with Gasteiger partial charge in [-0.1, -0.05) is 0 Å². The molecule has 0 aromatic rings. The second-order valence-electron chi connectivity index (χ2n) is 4.89. The van der Waals surface area contributed by atoms with Crippen molar-refractivity contribution in [3.8, 4) is 0 Å². The average molecular weight is 284 g/mol. The molecule has 0 saturated carbocycles. The van der Waals surface area contributed by atoms with E-state index < -0.39 is 23.8 Å². The molecule has 0 aliphatic heterocycles. The predicted molar refractivity (Wildman–Crippen MR) is 62.5 cm³/mol. The summed E-state index contributed by atoms with van der Waals surface area (Å²) in [5.41, 5.74) is -0.592. The molecule has 0 aliphatic carbocycles. The van der Waals surface area contributed by atoms with Crippen LogP contribution in [0.5, 0.6) is 0 Å². The SMILES string of the molecule is CC(C)(C)OC(=O)NCCCCNC(=O)C(F)(F)F. The Morgan fingerprint density at radius 2 is 1.47 bits per heavy atom. The van der Waals surface area contributed by atoms with Crippen molar-refractivity contribution in [1.82, 2.24) is 10.6 Å². The standard InChI is InChI=1S/C11H19F3N2O3/c1-10(2,3)19-9(18)16-7-5-4-6-15-8(17)11(12,13)14/h4-7H2,1-3H3,(H,15,17)(H,16,18).